The van der Waals surface area contributed by atoms with Crippen molar-refractivity contribution in [1.29, 1.82) is 0 Å². The Balaban J connectivity index is 1.38. The molecule has 0 aromatic heterocycles. The van der Waals surface area contributed by atoms with Gasteiger partial charge in [0, 0.05) is 18.2 Å². The van der Waals surface area contributed by atoms with Crippen LogP contribution in [0.4, 0.5) is 11.4 Å². The monoisotopic (exact) mass is 442 g/mol. The minimum atomic E-state index is -3.60. The van der Waals surface area contributed by atoms with Crippen LogP contribution in [0.3, 0.4) is 0 Å². The molecule has 1 N–H and O–H groups in total. The third-order valence-electron chi connectivity index (χ3n) is 7.20. The number of nitrogens with zero attached hydrogens (tertiary/aromatic N) is 1. The van der Waals surface area contributed by atoms with Gasteiger partial charge in [-0.3, -0.25) is 4.31 Å². The summed E-state index contributed by atoms with van der Waals surface area (Å²) in [5.74, 6) is 0.606. The van der Waals surface area contributed by atoms with Crippen molar-refractivity contribution in [1.82, 2.24) is 0 Å². The van der Waals surface area contributed by atoms with E-state index in [1.54, 1.807) is 10.4 Å². The second-order valence-electron chi connectivity index (χ2n) is 9.09. The summed E-state index contributed by atoms with van der Waals surface area (Å²) < 4.78 is 28.7. The number of aryl methyl sites for hydroxylation is 1. The summed E-state index contributed by atoms with van der Waals surface area (Å²) in [5.41, 5.74) is 6.55. The lowest BCUT2D eigenvalue weighted by Crippen LogP contribution is -2.31. The van der Waals surface area contributed by atoms with Crippen LogP contribution >= 0.6 is 0 Å². The minimum absolute atomic E-state index is 0.219. The zero-order valence-corrected chi connectivity index (χ0v) is 18.8. The first-order chi connectivity index (χ1) is 15.5. The number of nitrogens with one attached hydrogen (secondary N) is 1. The second-order valence-corrected chi connectivity index (χ2v) is 11.0. The van der Waals surface area contributed by atoms with Gasteiger partial charge < -0.3 is 5.32 Å². The first kappa shape index (κ1) is 19.6. The van der Waals surface area contributed by atoms with E-state index in [4.69, 9.17) is 0 Å². The molecule has 6 rings (SSSR count). The third kappa shape index (κ3) is 2.99. The first-order valence-corrected chi connectivity index (χ1v) is 12.7. The summed E-state index contributed by atoms with van der Waals surface area (Å²) in [5, 5.41) is 3.72. The normalized spacial score (nSPS) is 23.4. The average molecular weight is 443 g/mol. The molecule has 0 bridgehead atoms. The number of benzene rings is 3. The van der Waals surface area contributed by atoms with E-state index in [9.17, 15) is 8.42 Å². The second kappa shape index (κ2) is 7.24. The summed E-state index contributed by atoms with van der Waals surface area (Å²) in [7, 11) is -3.60. The fraction of sp³-hybridized carbons (Fsp3) is 0.259. The molecule has 0 saturated heterocycles. The van der Waals surface area contributed by atoms with Crippen LogP contribution in [0, 0.1) is 12.8 Å². The van der Waals surface area contributed by atoms with Crippen molar-refractivity contribution < 1.29 is 8.42 Å². The maximum atomic E-state index is 13.6. The number of rotatable bonds is 3. The highest BCUT2D eigenvalue weighted by molar-refractivity contribution is 7.92. The van der Waals surface area contributed by atoms with E-state index in [1.807, 2.05) is 36.4 Å². The van der Waals surface area contributed by atoms with E-state index in [0.29, 0.717) is 17.4 Å². The SMILES string of the molecule is Cc1ccc(C2Nc3ccc(S(=O)(=O)N4CCc5ccccc54)cc3C3C=CCC32)cc1. The highest BCUT2D eigenvalue weighted by atomic mass is 32.2. The summed E-state index contributed by atoms with van der Waals surface area (Å²) in [6.45, 7) is 2.60. The average Bonchev–Trinajstić information content (AvgIpc) is 3.47. The number of hydrogen-bond donors (Lipinski definition) is 1. The molecule has 162 valence electrons. The molecule has 1 aliphatic carbocycles. The highest BCUT2D eigenvalue weighted by Gasteiger charge is 2.39. The third-order valence-corrected chi connectivity index (χ3v) is 9.01. The maximum absolute atomic E-state index is 13.6. The molecular formula is C27H26N2O2S. The Morgan fingerprint density at radius 1 is 1.00 bits per heavy atom. The van der Waals surface area contributed by atoms with Crippen LogP contribution in [0.25, 0.3) is 0 Å². The molecule has 0 amide bonds. The van der Waals surface area contributed by atoms with Crippen molar-refractivity contribution in [2.75, 3.05) is 16.2 Å². The lowest BCUT2D eigenvalue weighted by atomic mass is 9.77. The van der Waals surface area contributed by atoms with Gasteiger partial charge in [0.05, 0.1) is 16.6 Å². The number of sulfonamides is 1. The lowest BCUT2D eigenvalue weighted by Gasteiger charge is -2.38. The van der Waals surface area contributed by atoms with E-state index in [-0.39, 0.29) is 12.0 Å². The Hall–Kier alpha value is -3.05. The molecule has 3 aliphatic rings. The van der Waals surface area contributed by atoms with Gasteiger partial charge in [0.1, 0.15) is 0 Å². The molecule has 3 aromatic rings. The van der Waals surface area contributed by atoms with Gasteiger partial charge in [-0.1, -0.05) is 60.2 Å². The summed E-state index contributed by atoms with van der Waals surface area (Å²) in [4.78, 5) is 0.377. The van der Waals surface area contributed by atoms with Crippen molar-refractivity contribution >= 4 is 21.4 Å². The number of hydrogen-bond acceptors (Lipinski definition) is 3. The Morgan fingerprint density at radius 2 is 1.81 bits per heavy atom. The Labute approximate surface area is 189 Å². The lowest BCUT2D eigenvalue weighted by molar-refractivity contribution is 0.425. The molecule has 5 heteroatoms. The molecule has 3 aromatic carbocycles. The first-order valence-electron chi connectivity index (χ1n) is 11.3. The van der Waals surface area contributed by atoms with Crippen LogP contribution in [0.1, 0.15) is 40.6 Å². The van der Waals surface area contributed by atoms with Crippen LogP contribution in [0.15, 0.2) is 83.8 Å². The Kier molecular flexibility index (Phi) is 4.44. The van der Waals surface area contributed by atoms with Crippen LogP contribution < -0.4 is 9.62 Å². The molecule has 2 heterocycles. The van der Waals surface area contributed by atoms with Crippen molar-refractivity contribution in [3.05, 3.63) is 101 Å². The van der Waals surface area contributed by atoms with Gasteiger partial charge in [0.2, 0.25) is 0 Å². The van der Waals surface area contributed by atoms with Gasteiger partial charge in [-0.25, -0.2) is 8.42 Å². The molecule has 4 nitrogen and oxygen atoms in total. The Morgan fingerprint density at radius 3 is 2.66 bits per heavy atom. The molecular weight excluding hydrogens is 416 g/mol. The molecule has 0 saturated carbocycles. The van der Waals surface area contributed by atoms with Crippen LogP contribution in [0.5, 0.6) is 0 Å². The Bertz CT molecular complexity index is 1330. The number of anilines is 2. The largest absolute Gasteiger partial charge is 0.378 e. The number of fused-ring (bicyclic) bond motifs is 4. The molecule has 0 fully saturated rings. The van der Waals surface area contributed by atoms with Crippen molar-refractivity contribution in [3.63, 3.8) is 0 Å². The van der Waals surface area contributed by atoms with Crippen LogP contribution in [-0.2, 0) is 16.4 Å². The van der Waals surface area contributed by atoms with E-state index in [2.05, 4.69) is 48.7 Å². The van der Waals surface area contributed by atoms with E-state index >= 15 is 0 Å². The predicted octanol–water partition coefficient (Wildman–Crippen LogP) is 5.57. The van der Waals surface area contributed by atoms with Gasteiger partial charge in [0.15, 0.2) is 0 Å². The summed E-state index contributed by atoms with van der Waals surface area (Å²) in [6, 6.07) is 22.4. The maximum Gasteiger partial charge on any atom is 0.264 e. The van der Waals surface area contributed by atoms with Crippen molar-refractivity contribution in [2.24, 2.45) is 5.92 Å². The zero-order chi connectivity index (χ0) is 21.9. The number of allylic oxidation sites excluding steroid dienone is 2. The molecule has 0 radical (unpaired) electrons. The van der Waals surface area contributed by atoms with Gasteiger partial charge in [-0.15, -0.1) is 0 Å². The van der Waals surface area contributed by atoms with Crippen molar-refractivity contribution in [2.45, 2.75) is 36.6 Å². The molecule has 3 unspecified atom stereocenters. The van der Waals surface area contributed by atoms with Gasteiger partial charge in [-0.2, -0.15) is 0 Å². The fourth-order valence-electron chi connectivity index (χ4n) is 5.52. The molecule has 3 atom stereocenters. The molecule has 2 aliphatic heterocycles. The minimum Gasteiger partial charge on any atom is -0.378 e. The quantitative estimate of drug-likeness (QED) is 0.539. The summed E-state index contributed by atoms with van der Waals surface area (Å²) >= 11 is 0. The fourth-order valence-corrected chi connectivity index (χ4v) is 7.06. The zero-order valence-electron chi connectivity index (χ0n) is 18.0. The van der Waals surface area contributed by atoms with E-state index in [0.717, 1.165) is 35.3 Å². The molecule has 32 heavy (non-hydrogen) atoms. The predicted molar refractivity (Wildman–Crippen MR) is 129 cm³/mol. The van der Waals surface area contributed by atoms with Gasteiger partial charge >= 0.3 is 0 Å². The van der Waals surface area contributed by atoms with E-state index in [1.165, 1.54) is 11.1 Å². The standard InChI is InChI=1S/C27H26N2O2S/c1-18-9-11-20(12-10-18)27-23-7-4-6-22(23)24-17-21(13-14-25(24)28-27)32(30,31)29-16-15-19-5-2-3-8-26(19)29/h2-6,8-14,17,22-23,27-28H,7,15-16H2,1H3. The highest BCUT2D eigenvalue weighted by Crippen LogP contribution is 2.50. The smallest absolute Gasteiger partial charge is 0.264 e. The topological polar surface area (TPSA) is 49.4 Å². The van der Waals surface area contributed by atoms with Gasteiger partial charge in [-0.05, 0) is 66.6 Å². The van der Waals surface area contributed by atoms with Crippen molar-refractivity contribution in [3.8, 4) is 0 Å². The van der Waals surface area contributed by atoms with Crippen LogP contribution in [0.2, 0.25) is 0 Å². The van der Waals surface area contributed by atoms with Crippen LogP contribution in [-0.4, -0.2) is 15.0 Å². The molecule has 0 spiro atoms. The summed E-state index contributed by atoms with van der Waals surface area (Å²) in [6.07, 6.45) is 6.25. The van der Waals surface area contributed by atoms with Gasteiger partial charge in [0.25, 0.3) is 10.0 Å². The van der Waals surface area contributed by atoms with E-state index < -0.39 is 10.0 Å². The number of para-hydroxylation sites is 1.